The number of rotatable bonds is 5. The lowest BCUT2D eigenvalue weighted by Gasteiger charge is -2.06. The lowest BCUT2D eigenvalue weighted by Crippen LogP contribution is -2.17. The fourth-order valence-corrected chi connectivity index (χ4v) is 1.79. The van der Waals surface area contributed by atoms with Crippen molar-refractivity contribution in [1.82, 2.24) is 5.32 Å². The Labute approximate surface area is 105 Å². The van der Waals surface area contributed by atoms with Gasteiger partial charge in [0.2, 0.25) is 0 Å². The van der Waals surface area contributed by atoms with Crippen molar-refractivity contribution < 1.29 is 8.78 Å². The topological polar surface area (TPSA) is 12.0 Å². The standard InChI is InChI=1S/C15H15F2N/c16-14-6-3-4-12(10-14)8-9-18-11-13-5-1-2-7-15(13)17/h1-7,10,18H,8-9,11H2. The van der Waals surface area contributed by atoms with Crippen LogP contribution in [0.4, 0.5) is 8.78 Å². The summed E-state index contributed by atoms with van der Waals surface area (Å²) in [6.07, 6.45) is 0.728. The Balaban J connectivity index is 1.78. The van der Waals surface area contributed by atoms with Crippen LogP contribution in [0, 0.1) is 11.6 Å². The van der Waals surface area contributed by atoms with E-state index in [1.807, 2.05) is 12.1 Å². The second-order valence-corrected chi connectivity index (χ2v) is 4.15. The van der Waals surface area contributed by atoms with Gasteiger partial charge in [-0.2, -0.15) is 0 Å². The number of halogens is 2. The molecule has 1 N–H and O–H groups in total. The van der Waals surface area contributed by atoms with E-state index in [1.165, 1.54) is 18.2 Å². The molecule has 1 nitrogen and oxygen atoms in total. The smallest absolute Gasteiger partial charge is 0.127 e. The molecule has 2 rings (SSSR count). The van der Waals surface area contributed by atoms with Gasteiger partial charge in [-0.15, -0.1) is 0 Å². The SMILES string of the molecule is Fc1cccc(CCNCc2ccccc2F)c1. The second-order valence-electron chi connectivity index (χ2n) is 4.15. The Hall–Kier alpha value is -1.74. The summed E-state index contributed by atoms with van der Waals surface area (Å²) < 4.78 is 26.2. The van der Waals surface area contributed by atoms with Crippen LogP contribution in [-0.2, 0) is 13.0 Å². The van der Waals surface area contributed by atoms with Crippen molar-refractivity contribution >= 4 is 0 Å². The number of nitrogens with one attached hydrogen (secondary N) is 1. The van der Waals surface area contributed by atoms with E-state index in [0.717, 1.165) is 12.0 Å². The van der Waals surface area contributed by atoms with Gasteiger partial charge >= 0.3 is 0 Å². The molecule has 0 saturated heterocycles. The zero-order valence-electron chi connectivity index (χ0n) is 10.00. The molecule has 2 aromatic carbocycles. The number of hydrogen-bond acceptors (Lipinski definition) is 1. The quantitative estimate of drug-likeness (QED) is 0.799. The number of hydrogen-bond donors (Lipinski definition) is 1. The second kappa shape index (κ2) is 6.26. The summed E-state index contributed by atoms with van der Waals surface area (Å²) in [5.74, 6) is -0.419. The first-order valence-corrected chi connectivity index (χ1v) is 5.94. The third kappa shape index (κ3) is 3.64. The van der Waals surface area contributed by atoms with Gasteiger partial charge in [-0.3, -0.25) is 0 Å². The normalized spacial score (nSPS) is 10.6. The van der Waals surface area contributed by atoms with Crippen LogP contribution in [0.2, 0.25) is 0 Å². The Bertz CT molecular complexity index is 511. The minimum absolute atomic E-state index is 0.198. The molecular weight excluding hydrogens is 232 g/mol. The summed E-state index contributed by atoms with van der Waals surface area (Å²) in [6, 6.07) is 13.2. The van der Waals surface area contributed by atoms with E-state index >= 15 is 0 Å². The first kappa shape index (κ1) is 12.7. The fourth-order valence-electron chi connectivity index (χ4n) is 1.79. The molecule has 0 aliphatic heterocycles. The zero-order chi connectivity index (χ0) is 12.8. The van der Waals surface area contributed by atoms with E-state index in [1.54, 1.807) is 18.2 Å². The monoisotopic (exact) mass is 247 g/mol. The van der Waals surface area contributed by atoms with Crippen LogP contribution >= 0.6 is 0 Å². The maximum Gasteiger partial charge on any atom is 0.127 e. The highest BCUT2D eigenvalue weighted by molar-refractivity contribution is 5.18. The Morgan fingerprint density at radius 2 is 1.78 bits per heavy atom. The summed E-state index contributed by atoms with van der Waals surface area (Å²) in [4.78, 5) is 0. The van der Waals surface area contributed by atoms with Crippen molar-refractivity contribution in [2.24, 2.45) is 0 Å². The molecule has 2 aromatic rings. The molecule has 18 heavy (non-hydrogen) atoms. The molecule has 0 fully saturated rings. The molecule has 3 heteroatoms. The van der Waals surface area contributed by atoms with Crippen molar-refractivity contribution in [3.8, 4) is 0 Å². The molecule has 0 aliphatic carbocycles. The molecule has 0 saturated carbocycles. The van der Waals surface area contributed by atoms with Crippen LogP contribution in [0.15, 0.2) is 48.5 Å². The minimum atomic E-state index is -0.221. The lowest BCUT2D eigenvalue weighted by atomic mass is 10.1. The van der Waals surface area contributed by atoms with Crippen LogP contribution in [0.5, 0.6) is 0 Å². The Morgan fingerprint density at radius 3 is 2.56 bits per heavy atom. The molecule has 0 heterocycles. The highest BCUT2D eigenvalue weighted by Gasteiger charge is 2.00. The van der Waals surface area contributed by atoms with Gasteiger partial charge < -0.3 is 5.32 Å². The minimum Gasteiger partial charge on any atom is -0.312 e. The summed E-state index contributed by atoms with van der Waals surface area (Å²) in [5.41, 5.74) is 1.59. The molecule has 0 radical (unpaired) electrons. The lowest BCUT2D eigenvalue weighted by molar-refractivity contribution is 0.587. The molecule has 0 amide bonds. The predicted molar refractivity (Wildman–Crippen MR) is 68.2 cm³/mol. The number of benzene rings is 2. The van der Waals surface area contributed by atoms with Gasteiger partial charge in [0.1, 0.15) is 11.6 Å². The average Bonchev–Trinajstić information content (AvgIpc) is 2.37. The van der Waals surface area contributed by atoms with E-state index < -0.39 is 0 Å². The molecule has 0 atom stereocenters. The van der Waals surface area contributed by atoms with Crippen LogP contribution in [0.1, 0.15) is 11.1 Å². The maximum atomic E-state index is 13.3. The van der Waals surface area contributed by atoms with E-state index in [4.69, 9.17) is 0 Å². The Kier molecular flexibility index (Phi) is 4.42. The molecule has 0 bridgehead atoms. The zero-order valence-corrected chi connectivity index (χ0v) is 10.00. The van der Waals surface area contributed by atoms with Gasteiger partial charge in [-0.1, -0.05) is 30.3 Å². The average molecular weight is 247 g/mol. The van der Waals surface area contributed by atoms with Gasteiger partial charge in [0.05, 0.1) is 0 Å². The van der Waals surface area contributed by atoms with E-state index in [2.05, 4.69) is 5.32 Å². The van der Waals surface area contributed by atoms with Crippen LogP contribution in [0.3, 0.4) is 0 Å². The van der Waals surface area contributed by atoms with Gasteiger partial charge in [0, 0.05) is 12.1 Å². The van der Waals surface area contributed by atoms with E-state index in [9.17, 15) is 8.78 Å². The molecule has 0 aromatic heterocycles. The molecular formula is C15H15F2N. The van der Waals surface area contributed by atoms with Crippen molar-refractivity contribution in [1.29, 1.82) is 0 Å². The largest absolute Gasteiger partial charge is 0.312 e. The molecule has 0 aliphatic rings. The first-order chi connectivity index (χ1) is 8.75. The maximum absolute atomic E-state index is 13.3. The van der Waals surface area contributed by atoms with Gasteiger partial charge in [0.15, 0.2) is 0 Å². The first-order valence-electron chi connectivity index (χ1n) is 5.94. The third-order valence-corrected chi connectivity index (χ3v) is 2.75. The fraction of sp³-hybridized carbons (Fsp3) is 0.200. The highest BCUT2D eigenvalue weighted by Crippen LogP contribution is 2.06. The van der Waals surface area contributed by atoms with Gasteiger partial charge in [0.25, 0.3) is 0 Å². The molecule has 0 spiro atoms. The third-order valence-electron chi connectivity index (χ3n) is 2.75. The van der Waals surface area contributed by atoms with Crippen molar-refractivity contribution in [2.45, 2.75) is 13.0 Å². The van der Waals surface area contributed by atoms with Gasteiger partial charge in [-0.25, -0.2) is 8.78 Å². The Morgan fingerprint density at radius 1 is 0.944 bits per heavy atom. The van der Waals surface area contributed by atoms with Crippen molar-refractivity contribution in [3.63, 3.8) is 0 Å². The molecule has 0 unspecified atom stereocenters. The van der Waals surface area contributed by atoms with Crippen LogP contribution < -0.4 is 5.32 Å². The summed E-state index contributed by atoms with van der Waals surface area (Å²) in [5, 5.41) is 3.15. The van der Waals surface area contributed by atoms with Gasteiger partial charge in [-0.05, 0) is 36.7 Å². The van der Waals surface area contributed by atoms with Crippen molar-refractivity contribution in [3.05, 3.63) is 71.3 Å². The van der Waals surface area contributed by atoms with Crippen molar-refractivity contribution in [2.75, 3.05) is 6.54 Å². The van der Waals surface area contributed by atoms with E-state index in [0.29, 0.717) is 18.7 Å². The predicted octanol–water partition coefficient (Wildman–Crippen LogP) is 3.30. The summed E-state index contributed by atoms with van der Waals surface area (Å²) in [7, 11) is 0. The highest BCUT2D eigenvalue weighted by atomic mass is 19.1. The summed E-state index contributed by atoms with van der Waals surface area (Å²) >= 11 is 0. The van der Waals surface area contributed by atoms with Crippen LogP contribution in [0.25, 0.3) is 0 Å². The van der Waals surface area contributed by atoms with Crippen LogP contribution in [-0.4, -0.2) is 6.54 Å². The summed E-state index contributed by atoms with van der Waals surface area (Å²) in [6.45, 7) is 1.18. The molecule has 94 valence electrons. The van der Waals surface area contributed by atoms with E-state index in [-0.39, 0.29) is 11.6 Å².